The van der Waals surface area contributed by atoms with E-state index in [9.17, 15) is 12.9 Å². The van der Waals surface area contributed by atoms with Crippen molar-refractivity contribution in [3.63, 3.8) is 0 Å². The Balaban J connectivity index is 2.11. The second-order valence-corrected chi connectivity index (χ2v) is 3.89. The number of ether oxygens (including phenoxy) is 1. The molecule has 2 rings (SSSR count). The highest BCUT2D eigenvalue weighted by Crippen LogP contribution is 2.26. The molecule has 0 aromatic heterocycles. The van der Waals surface area contributed by atoms with Crippen molar-refractivity contribution in [2.75, 3.05) is 13.2 Å². The van der Waals surface area contributed by atoms with Gasteiger partial charge < -0.3 is 17.7 Å². The second kappa shape index (κ2) is 3.89. The number of hydrogen-bond donors (Lipinski definition) is 0. The molecule has 0 aliphatic carbocycles. The lowest BCUT2D eigenvalue weighted by atomic mass is 9.81. The molecule has 1 aliphatic rings. The van der Waals surface area contributed by atoms with Gasteiger partial charge in [-0.2, -0.15) is 0 Å². The zero-order chi connectivity index (χ0) is 10.9. The van der Waals surface area contributed by atoms with Crippen LogP contribution in [0.15, 0.2) is 24.3 Å². The Bertz CT molecular complexity index is 347. The molecule has 0 spiro atoms. The van der Waals surface area contributed by atoms with Crippen molar-refractivity contribution >= 4 is 6.98 Å². The predicted molar refractivity (Wildman–Crippen MR) is 52.8 cm³/mol. The second-order valence-electron chi connectivity index (χ2n) is 3.89. The Morgan fingerprint density at radius 3 is 2.53 bits per heavy atom. The van der Waals surface area contributed by atoms with Crippen molar-refractivity contribution in [1.82, 2.24) is 0 Å². The lowest BCUT2D eigenvalue weighted by Gasteiger charge is -2.27. The topological polar surface area (TPSA) is 9.23 Å². The first-order chi connectivity index (χ1) is 7.04. The summed E-state index contributed by atoms with van der Waals surface area (Å²) in [4.78, 5) is 0. The molecule has 82 valence electrons. The summed E-state index contributed by atoms with van der Waals surface area (Å²) >= 11 is 0. The van der Waals surface area contributed by atoms with E-state index in [4.69, 9.17) is 4.74 Å². The third-order valence-corrected chi connectivity index (χ3v) is 2.53. The molecule has 1 saturated heterocycles. The van der Waals surface area contributed by atoms with Crippen molar-refractivity contribution in [3.05, 3.63) is 35.4 Å². The highest BCUT2D eigenvalue weighted by atomic mass is 19.4. The fourth-order valence-electron chi connectivity index (χ4n) is 1.67. The summed E-state index contributed by atoms with van der Waals surface area (Å²) < 4.78 is 41.6. The molecule has 0 atom stereocenters. The number of halogens is 3. The lowest BCUT2D eigenvalue weighted by Crippen LogP contribution is -2.25. The summed E-state index contributed by atoms with van der Waals surface area (Å²) in [5, 5.41) is 0. The van der Waals surface area contributed by atoms with E-state index < -0.39 is 13.3 Å². The number of hydrogen-bond acceptors (Lipinski definition) is 1. The summed E-state index contributed by atoms with van der Waals surface area (Å²) in [7, 11) is 0. The van der Waals surface area contributed by atoms with Gasteiger partial charge in [-0.1, -0.05) is 36.1 Å². The van der Waals surface area contributed by atoms with Crippen LogP contribution in [0.25, 0.3) is 0 Å². The molecule has 15 heavy (non-hydrogen) atoms. The van der Waals surface area contributed by atoms with Gasteiger partial charge >= 0.3 is 6.98 Å². The van der Waals surface area contributed by atoms with Gasteiger partial charge in [-0.3, -0.25) is 0 Å². The first-order valence-corrected chi connectivity index (χ1v) is 4.92. The van der Waals surface area contributed by atoms with Gasteiger partial charge in [0.05, 0.1) is 13.2 Å². The number of benzene rings is 1. The summed E-state index contributed by atoms with van der Waals surface area (Å²) in [5.41, 5.74) is 1.31. The average Bonchev–Trinajstić information content (AvgIpc) is 1.97. The van der Waals surface area contributed by atoms with Gasteiger partial charge in [-0.15, -0.1) is 0 Å². The van der Waals surface area contributed by atoms with Gasteiger partial charge in [-0.25, -0.2) is 0 Å². The maximum Gasteiger partial charge on any atom is 0.482 e. The molecule has 1 aromatic carbocycles. The highest BCUT2D eigenvalue weighted by Gasteiger charge is 2.24. The van der Waals surface area contributed by atoms with E-state index in [1.54, 1.807) is 12.1 Å². The number of rotatable bonds is 3. The van der Waals surface area contributed by atoms with Crippen molar-refractivity contribution in [2.24, 2.45) is 0 Å². The fraction of sp³-hybridized carbons (Fsp3) is 0.400. The molecule has 1 aromatic rings. The van der Waals surface area contributed by atoms with Gasteiger partial charge in [0.2, 0.25) is 0 Å². The van der Waals surface area contributed by atoms with E-state index in [2.05, 4.69) is 0 Å². The van der Waals surface area contributed by atoms with E-state index in [1.807, 2.05) is 6.07 Å². The van der Waals surface area contributed by atoms with Crippen LogP contribution in [0.3, 0.4) is 0 Å². The molecule has 0 unspecified atom stereocenters. The van der Waals surface area contributed by atoms with Crippen LogP contribution in [0.5, 0.6) is 0 Å². The predicted octanol–water partition coefficient (Wildman–Crippen LogP) is 2.73. The molecule has 0 bridgehead atoms. The van der Waals surface area contributed by atoms with E-state index in [1.165, 1.54) is 6.07 Å². The molecular formula is C10H11BF3O-. The van der Waals surface area contributed by atoms with E-state index in [0.29, 0.717) is 18.8 Å². The van der Waals surface area contributed by atoms with Crippen molar-refractivity contribution < 1.29 is 17.7 Å². The van der Waals surface area contributed by atoms with Gasteiger partial charge in [-0.05, 0) is 5.56 Å². The molecule has 0 amide bonds. The lowest BCUT2D eigenvalue weighted by molar-refractivity contribution is 0.00840. The van der Waals surface area contributed by atoms with Crippen LogP contribution in [-0.2, 0) is 11.1 Å². The van der Waals surface area contributed by atoms with Gasteiger partial charge in [0.1, 0.15) is 0 Å². The summed E-state index contributed by atoms with van der Waals surface area (Å²) in [5.74, 6) is 0.283. The molecule has 0 N–H and O–H groups in total. The van der Waals surface area contributed by atoms with Crippen LogP contribution < -0.4 is 0 Å². The summed E-state index contributed by atoms with van der Waals surface area (Å²) in [6, 6.07) is 6.71. The zero-order valence-electron chi connectivity index (χ0n) is 8.13. The van der Waals surface area contributed by atoms with E-state index >= 15 is 0 Å². The Morgan fingerprint density at radius 2 is 2.00 bits per heavy atom. The van der Waals surface area contributed by atoms with Gasteiger partial charge in [0.25, 0.3) is 0 Å². The van der Waals surface area contributed by atoms with Crippen LogP contribution in [0.2, 0.25) is 0 Å². The minimum atomic E-state index is -4.74. The first kappa shape index (κ1) is 10.5. The van der Waals surface area contributed by atoms with Crippen molar-refractivity contribution in [2.45, 2.75) is 12.2 Å². The summed E-state index contributed by atoms with van der Waals surface area (Å²) in [6.07, 6.45) is -0.790. The standard InChI is InChI=1S/C10H11BF3O/c12-11(13,14)5-8-2-1-3-9(4-8)10-6-15-7-10/h1-4,10H,5-7H2/q-1. The minimum Gasteiger partial charge on any atom is -0.449 e. The Hall–Kier alpha value is -0.965. The zero-order valence-corrected chi connectivity index (χ0v) is 8.13. The molecule has 1 nitrogen and oxygen atoms in total. The molecule has 1 heterocycles. The monoisotopic (exact) mass is 215 g/mol. The van der Waals surface area contributed by atoms with Crippen LogP contribution in [0.4, 0.5) is 12.9 Å². The Kier molecular flexibility index (Phi) is 2.73. The van der Waals surface area contributed by atoms with Crippen molar-refractivity contribution in [3.8, 4) is 0 Å². The maximum absolute atomic E-state index is 12.2. The normalized spacial score (nSPS) is 17.5. The molecule has 0 radical (unpaired) electrons. The van der Waals surface area contributed by atoms with Crippen LogP contribution >= 0.6 is 0 Å². The Morgan fingerprint density at radius 1 is 1.27 bits per heavy atom. The first-order valence-electron chi connectivity index (χ1n) is 4.92. The SMILES string of the molecule is F[B-](F)(F)Cc1cccc(C2COC2)c1. The van der Waals surface area contributed by atoms with Crippen LogP contribution in [-0.4, -0.2) is 20.2 Å². The largest absolute Gasteiger partial charge is 0.482 e. The third-order valence-electron chi connectivity index (χ3n) is 2.53. The van der Waals surface area contributed by atoms with Crippen molar-refractivity contribution in [1.29, 1.82) is 0 Å². The smallest absolute Gasteiger partial charge is 0.449 e. The minimum absolute atomic E-state index is 0.283. The molecule has 0 saturated carbocycles. The van der Waals surface area contributed by atoms with Gasteiger partial charge in [0, 0.05) is 5.92 Å². The molecular weight excluding hydrogens is 204 g/mol. The highest BCUT2D eigenvalue weighted by molar-refractivity contribution is 6.57. The van der Waals surface area contributed by atoms with Crippen LogP contribution in [0, 0.1) is 0 Å². The molecule has 5 heteroatoms. The Labute approximate surface area is 86.3 Å². The molecule has 1 fully saturated rings. The van der Waals surface area contributed by atoms with E-state index in [0.717, 1.165) is 5.56 Å². The fourth-order valence-corrected chi connectivity index (χ4v) is 1.67. The quantitative estimate of drug-likeness (QED) is 0.704. The van der Waals surface area contributed by atoms with Crippen LogP contribution in [0.1, 0.15) is 17.0 Å². The maximum atomic E-state index is 12.2. The van der Waals surface area contributed by atoms with E-state index in [-0.39, 0.29) is 5.92 Å². The molecule has 1 aliphatic heterocycles. The summed E-state index contributed by atoms with van der Waals surface area (Å²) in [6.45, 7) is -3.49. The third kappa shape index (κ3) is 2.75. The van der Waals surface area contributed by atoms with Gasteiger partial charge in [0.15, 0.2) is 0 Å². The average molecular weight is 215 g/mol.